The summed E-state index contributed by atoms with van der Waals surface area (Å²) in [6, 6.07) is 28.9. The summed E-state index contributed by atoms with van der Waals surface area (Å²) in [5.74, 6) is 11.7. The third-order valence-electron chi connectivity index (χ3n) is 5.15. The summed E-state index contributed by atoms with van der Waals surface area (Å²) >= 11 is 0. The van der Waals surface area contributed by atoms with E-state index in [1.807, 2.05) is 36.4 Å². The van der Waals surface area contributed by atoms with Gasteiger partial charge in [-0.2, -0.15) is 0 Å². The average Bonchev–Trinajstić information content (AvgIpc) is 2.80. The first kappa shape index (κ1) is 19.6. The van der Waals surface area contributed by atoms with Gasteiger partial charge in [-0.15, -0.1) is 0 Å². The normalized spacial score (nSPS) is 10.3. The summed E-state index contributed by atoms with van der Waals surface area (Å²) in [4.78, 5) is 0. The van der Waals surface area contributed by atoms with Crippen LogP contribution in [0.1, 0.15) is 22.3 Å². The summed E-state index contributed by atoms with van der Waals surface area (Å²) in [5.41, 5.74) is 3.04. The van der Waals surface area contributed by atoms with Gasteiger partial charge in [0.05, 0.1) is 0 Å². The lowest BCUT2D eigenvalue weighted by Gasteiger charge is -2.04. The fourth-order valence-corrected chi connectivity index (χ4v) is 3.57. The minimum atomic E-state index is -0.290. The van der Waals surface area contributed by atoms with E-state index < -0.39 is 0 Å². The molecular formula is C30H16F2. The number of hydrogen-bond acceptors (Lipinski definition) is 0. The molecule has 32 heavy (non-hydrogen) atoms. The van der Waals surface area contributed by atoms with Crippen LogP contribution in [-0.4, -0.2) is 0 Å². The Hall–Kier alpha value is -4.40. The molecule has 0 saturated heterocycles. The monoisotopic (exact) mass is 414 g/mol. The molecule has 0 nitrogen and oxygen atoms in total. The van der Waals surface area contributed by atoms with Gasteiger partial charge in [-0.1, -0.05) is 47.9 Å². The van der Waals surface area contributed by atoms with Crippen molar-refractivity contribution in [1.82, 2.24) is 0 Å². The van der Waals surface area contributed by atoms with Gasteiger partial charge in [-0.25, -0.2) is 8.78 Å². The summed E-state index contributed by atoms with van der Waals surface area (Å²) in [6.45, 7) is 0. The van der Waals surface area contributed by atoms with Crippen LogP contribution in [0.25, 0.3) is 21.5 Å². The van der Waals surface area contributed by atoms with Gasteiger partial charge in [0.2, 0.25) is 0 Å². The van der Waals surface area contributed by atoms with Gasteiger partial charge < -0.3 is 0 Å². The lowest BCUT2D eigenvalue weighted by atomic mass is 10.00. The number of rotatable bonds is 0. The molecule has 5 aromatic rings. The van der Waals surface area contributed by atoms with Crippen LogP contribution in [0, 0.1) is 35.3 Å². The Bertz CT molecular complexity index is 1480. The van der Waals surface area contributed by atoms with E-state index in [0.29, 0.717) is 11.1 Å². The van der Waals surface area contributed by atoms with Crippen molar-refractivity contribution in [2.24, 2.45) is 0 Å². The van der Waals surface area contributed by atoms with Crippen LogP contribution in [0.2, 0.25) is 0 Å². The van der Waals surface area contributed by atoms with Crippen molar-refractivity contribution in [2.45, 2.75) is 0 Å². The molecule has 0 unspecified atom stereocenters. The summed E-state index contributed by atoms with van der Waals surface area (Å²) in [6.07, 6.45) is 0. The highest BCUT2D eigenvalue weighted by Gasteiger charge is 2.01. The predicted octanol–water partition coefficient (Wildman–Crippen LogP) is 7.07. The highest BCUT2D eigenvalue weighted by molar-refractivity contribution is 5.99. The van der Waals surface area contributed by atoms with E-state index in [2.05, 4.69) is 35.8 Å². The first-order valence-electron chi connectivity index (χ1n) is 10.2. The van der Waals surface area contributed by atoms with Gasteiger partial charge in [-0.05, 0) is 94.3 Å². The van der Waals surface area contributed by atoms with Gasteiger partial charge in [-0.3, -0.25) is 0 Å². The van der Waals surface area contributed by atoms with Crippen LogP contribution < -0.4 is 0 Å². The Balaban J connectivity index is 1.47. The van der Waals surface area contributed by atoms with E-state index in [1.54, 1.807) is 24.3 Å². The molecule has 0 saturated carbocycles. The lowest BCUT2D eigenvalue weighted by molar-refractivity contribution is 0.627. The maximum Gasteiger partial charge on any atom is 0.124 e. The molecule has 5 aromatic carbocycles. The van der Waals surface area contributed by atoms with E-state index in [4.69, 9.17) is 0 Å². The molecule has 0 bridgehead atoms. The third-order valence-corrected chi connectivity index (χ3v) is 5.15. The molecule has 0 radical (unpaired) electrons. The molecule has 0 N–H and O–H groups in total. The topological polar surface area (TPSA) is 0 Å². The molecule has 0 aromatic heterocycles. The second-order valence-electron chi connectivity index (χ2n) is 7.50. The molecule has 0 fully saturated rings. The first-order valence-corrected chi connectivity index (χ1v) is 10.2. The number of fused-ring (bicyclic) bond motifs is 2. The predicted molar refractivity (Wildman–Crippen MR) is 126 cm³/mol. The Labute approximate surface area is 185 Å². The Morgan fingerprint density at radius 2 is 0.781 bits per heavy atom. The molecule has 5 rings (SSSR count). The van der Waals surface area contributed by atoms with Gasteiger partial charge in [0.1, 0.15) is 11.6 Å². The molecule has 150 valence electrons. The van der Waals surface area contributed by atoms with Crippen molar-refractivity contribution >= 4 is 21.5 Å². The summed E-state index contributed by atoms with van der Waals surface area (Å²) < 4.78 is 26.7. The quantitative estimate of drug-likeness (QED) is 0.188. The van der Waals surface area contributed by atoms with Crippen molar-refractivity contribution in [2.75, 3.05) is 0 Å². The van der Waals surface area contributed by atoms with Crippen LogP contribution in [-0.2, 0) is 0 Å². The molecular weight excluding hydrogens is 398 g/mol. The van der Waals surface area contributed by atoms with Crippen LogP contribution in [0.3, 0.4) is 0 Å². The molecule has 0 spiro atoms. The maximum atomic E-state index is 13.3. The molecule has 2 heteroatoms. The minimum absolute atomic E-state index is 0.290. The number of halogens is 2. The Morgan fingerprint density at radius 1 is 0.375 bits per heavy atom. The zero-order valence-electron chi connectivity index (χ0n) is 17.0. The smallest absolute Gasteiger partial charge is 0.124 e. The number of benzene rings is 5. The molecule has 0 aliphatic heterocycles. The average molecular weight is 414 g/mol. The summed E-state index contributed by atoms with van der Waals surface area (Å²) in [7, 11) is 0. The SMILES string of the molecule is Fc1cccc(C#Cc2ccc3cc4cc(C#Cc5cccc(F)c5)ccc4cc3c2)c1. The second kappa shape index (κ2) is 8.38. The fourth-order valence-electron chi connectivity index (χ4n) is 3.57. The van der Waals surface area contributed by atoms with Crippen LogP contribution >= 0.6 is 0 Å². The van der Waals surface area contributed by atoms with Crippen LogP contribution in [0.4, 0.5) is 8.78 Å². The highest BCUT2D eigenvalue weighted by atomic mass is 19.1. The largest absolute Gasteiger partial charge is 0.207 e. The van der Waals surface area contributed by atoms with E-state index in [9.17, 15) is 8.78 Å². The van der Waals surface area contributed by atoms with Crippen molar-refractivity contribution < 1.29 is 8.78 Å². The minimum Gasteiger partial charge on any atom is -0.207 e. The van der Waals surface area contributed by atoms with Gasteiger partial charge in [0, 0.05) is 22.3 Å². The number of hydrogen-bond donors (Lipinski definition) is 0. The highest BCUT2D eigenvalue weighted by Crippen LogP contribution is 2.24. The van der Waals surface area contributed by atoms with Gasteiger partial charge in [0.15, 0.2) is 0 Å². The van der Waals surface area contributed by atoms with Crippen molar-refractivity contribution in [3.05, 3.63) is 131 Å². The fraction of sp³-hybridized carbons (Fsp3) is 0. The zero-order valence-corrected chi connectivity index (χ0v) is 17.0. The molecule has 0 amide bonds. The van der Waals surface area contributed by atoms with Crippen molar-refractivity contribution in [3.8, 4) is 23.7 Å². The molecule has 0 heterocycles. The second-order valence-corrected chi connectivity index (χ2v) is 7.50. The molecule has 0 atom stereocenters. The lowest BCUT2D eigenvalue weighted by Crippen LogP contribution is -1.82. The van der Waals surface area contributed by atoms with E-state index >= 15 is 0 Å². The maximum absolute atomic E-state index is 13.3. The van der Waals surface area contributed by atoms with Crippen molar-refractivity contribution in [3.63, 3.8) is 0 Å². The molecule has 0 aliphatic rings. The van der Waals surface area contributed by atoms with Crippen LogP contribution in [0.15, 0.2) is 97.1 Å². The van der Waals surface area contributed by atoms with Crippen molar-refractivity contribution in [1.29, 1.82) is 0 Å². The Kier molecular flexibility index (Phi) is 5.12. The first-order chi connectivity index (χ1) is 15.6. The third kappa shape index (κ3) is 4.36. The van der Waals surface area contributed by atoms with E-state index in [0.717, 1.165) is 32.7 Å². The zero-order chi connectivity index (χ0) is 21.9. The van der Waals surface area contributed by atoms with E-state index in [1.165, 1.54) is 24.3 Å². The summed E-state index contributed by atoms with van der Waals surface area (Å²) in [5, 5.41) is 4.37. The van der Waals surface area contributed by atoms with Gasteiger partial charge in [0.25, 0.3) is 0 Å². The Morgan fingerprint density at radius 3 is 1.19 bits per heavy atom. The molecule has 0 aliphatic carbocycles. The van der Waals surface area contributed by atoms with Crippen LogP contribution in [0.5, 0.6) is 0 Å². The standard InChI is InChI=1S/C30H16F2/c31-29-5-1-3-21(17-29)7-9-23-11-13-25-20-28-16-24(12-14-26(28)19-27(25)15-23)10-8-22-4-2-6-30(32)18-22/h1-6,11-20H. The van der Waals surface area contributed by atoms with E-state index in [-0.39, 0.29) is 11.6 Å². The van der Waals surface area contributed by atoms with Gasteiger partial charge >= 0.3 is 0 Å².